The minimum absolute atomic E-state index is 0. The first-order valence-corrected chi connectivity index (χ1v) is 4.70. The second-order valence-corrected chi connectivity index (χ2v) is 3.53. The third-order valence-electron chi connectivity index (χ3n) is 0.146. The SMILES string of the molecule is O=P(O)(O)O[Br+2]([O-])[O-].[Fe].[NaH]. The summed E-state index contributed by atoms with van der Waals surface area (Å²) in [5.74, 6) is 0. The summed E-state index contributed by atoms with van der Waals surface area (Å²) >= 11 is -3.77. The summed E-state index contributed by atoms with van der Waals surface area (Å²) in [6.07, 6.45) is 0. The Morgan fingerprint density at radius 2 is 1.70 bits per heavy atom. The van der Waals surface area contributed by atoms with Gasteiger partial charge in [-0.2, -0.15) is 0 Å². The zero-order valence-corrected chi connectivity index (χ0v) is 7.29. The van der Waals surface area contributed by atoms with Gasteiger partial charge in [0.2, 0.25) is 0 Å². The first-order chi connectivity index (χ1) is 3.42. The Balaban J connectivity index is -0.000000245. The van der Waals surface area contributed by atoms with Gasteiger partial charge in [-0.1, -0.05) is 0 Å². The predicted molar refractivity (Wildman–Crippen MR) is 20.3 cm³/mol. The molecule has 0 fully saturated rings. The number of phosphoric acid groups is 1. The first kappa shape index (κ1) is 17.9. The standard InChI is InChI=1S/BrH2O6P.Fe.Na.H/c2-1(3)7-8(4,5)6;;;/h(H2,4,5,6);;;. The molecule has 0 radical (unpaired) electrons. The summed E-state index contributed by atoms with van der Waals surface area (Å²) in [5.41, 5.74) is 0. The minimum atomic E-state index is -4.80. The molecule has 2 N–H and O–H groups in total. The van der Waals surface area contributed by atoms with E-state index in [0.717, 1.165) is 0 Å². The van der Waals surface area contributed by atoms with Crippen LogP contribution in [0.3, 0.4) is 0 Å². The number of rotatable bonds is 2. The van der Waals surface area contributed by atoms with E-state index in [1.807, 2.05) is 0 Å². The molecule has 0 spiro atoms. The van der Waals surface area contributed by atoms with Crippen molar-refractivity contribution < 1.29 is 58.2 Å². The topological polar surface area (TPSA) is 113 Å². The fourth-order valence-electron chi connectivity index (χ4n) is 0.0734. The average Bonchev–Trinajstić information content (AvgIpc) is 1.21. The van der Waals surface area contributed by atoms with Crippen molar-refractivity contribution in [1.82, 2.24) is 0 Å². The molecule has 60 valence electrons. The van der Waals surface area contributed by atoms with Gasteiger partial charge < -0.3 is 8.40 Å². The van der Waals surface area contributed by atoms with Gasteiger partial charge in [0.15, 0.2) is 0 Å². The second-order valence-electron chi connectivity index (χ2n) is 0.749. The van der Waals surface area contributed by atoms with Crippen molar-refractivity contribution >= 4 is 37.4 Å². The second kappa shape index (κ2) is 7.67. The number of halogens is 1. The van der Waals surface area contributed by atoms with Crippen molar-refractivity contribution in [3.63, 3.8) is 0 Å². The van der Waals surface area contributed by atoms with Crippen LogP contribution in [0.2, 0.25) is 0 Å². The monoisotopic (exact) mass is 288 g/mol. The van der Waals surface area contributed by atoms with E-state index >= 15 is 0 Å². The molecular weight excluding hydrogens is 286 g/mol. The zero-order valence-electron chi connectivity index (χ0n) is 3.71. The van der Waals surface area contributed by atoms with Crippen molar-refractivity contribution in [3.05, 3.63) is 0 Å². The van der Waals surface area contributed by atoms with Crippen LogP contribution in [0.4, 0.5) is 0 Å². The Hall–Kier alpha value is 2.03. The van der Waals surface area contributed by atoms with Gasteiger partial charge >= 0.3 is 52.2 Å². The Morgan fingerprint density at radius 1 is 1.40 bits per heavy atom. The number of hydrogen-bond acceptors (Lipinski definition) is 4. The van der Waals surface area contributed by atoms with Crippen LogP contribution in [-0.4, -0.2) is 39.3 Å². The summed E-state index contributed by atoms with van der Waals surface area (Å²) in [5, 5.41) is 0. The Morgan fingerprint density at radius 3 is 1.70 bits per heavy atom. The van der Waals surface area contributed by atoms with Crippen LogP contribution >= 0.6 is 7.82 Å². The van der Waals surface area contributed by atoms with E-state index < -0.39 is 22.6 Å². The molecule has 0 saturated heterocycles. The van der Waals surface area contributed by atoms with Gasteiger partial charge in [0.05, 0.1) is 0 Å². The van der Waals surface area contributed by atoms with Crippen molar-refractivity contribution in [2.45, 2.75) is 0 Å². The van der Waals surface area contributed by atoms with Crippen molar-refractivity contribution in [3.8, 4) is 0 Å². The van der Waals surface area contributed by atoms with Crippen molar-refractivity contribution in [1.29, 1.82) is 0 Å². The first-order valence-electron chi connectivity index (χ1n) is 1.23. The van der Waals surface area contributed by atoms with E-state index in [9.17, 15) is 13.0 Å². The fraction of sp³-hybridized carbons (Fsp3) is 0. The molecule has 0 aliphatic rings. The predicted octanol–water partition coefficient (Wildman–Crippen LogP) is -3.47. The molecule has 0 bridgehead atoms. The molecule has 0 heterocycles. The van der Waals surface area contributed by atoms with Gasteiger partial charge in [-0.05, 0) is 0 Å². The molecule has 10 heavy (non-hydrogen) atoms. The van der Waals surface area contributed by atoms with E-state index in [2.05, 4.69) is 3.62 Å². The van der Waals surface area contributed by atoms with Crippen LogP contribution < -0.4 is 8.40 Å². The molecule has 0 aromatic rings. The maximum atomic E-state index is 9.54. The molecule has 10 heteroatoms. The molecule has 0 atom stereocenters. The normalized spacial score (nSPS) is 10.1. The molecule has 0 aliphatic heterocycles. The van der Waals surface area contributed by atoms with Gasteiger partial charge in [-0.15, -0.1) is 0 Å². The average molecular weight is 289 g/mol. The molecule has 0 amide bonds. The van der Waals surface area contributed by atoms with Crippen LogP contribution in [0.25, 0.3) is 0 Å². The molecular formula is H3BrFeNaO6P. The van der Waals surface area contributed by atoms with E-state index in [1.165, 1.54) is 0 Å². The van der Waals surface area contributed by atoms with Gasteiger partial charge in [0.1, 0.15) is 3.62 Å². The van der Waals surface area contributed by atoms with E-state index in [4.69, 9.17) is 9.79 Å². The quantitative estimate of drug-likeness (QED) is 0.403. The Kier molecular flexibility index (Phi) is 13.8. The van der Waals surface area contributed by atoms with E-state index in [0.29, 0.717) is 0 Å². The Labute approximate surface area is 94.8 Å². The van der Waals surface area contributed by atoms with Crippen LogP contribution in [0.1, 0.15) is 0 Å². The molecule has 6 nitrogen and oxygen atoms in total. The van der Waals surface area contributed by atoms with Crippen LogP contribution in [0.5, 0.6) is 0 Å². The van der Waals surface area contributed by atoms with Crippen LogP contribution in [0.15, 0.2) is 0 Å². The fourth-order valence-corrected chi connectivity index (χ4v) is 1.14. The molecule has 0 saturated carbocycles. The molecule has 0 aromatic carbocycles. The molecule has 0 aliphatic carbocycles. The summed E-state index contributed by atoms with van der Waals surface area (Å²) in [7, 11) is -4.80. The Bertz CT molecular complexity index is 110. The van der Waals surface area contributed by atoms with Gasteiger partial charge in [0, 0.05) is 17.1 Å². The third-order valence-corrected chi connectivity index (χ3v) is 2.28. The van der Waals surface area contributed by atoms with E-state index in [-0.39, 0.29) is 46.6 Å². The van der Waals surface area contributed by atoms with Crippen molar-refractivity contribution in [2.24, 2.45) is 0 Å². The van der Waals surface area contributed by atoms with Gasteiger partial charge in [-0.25, -0.2) is 4.57 Å². The van der Waals surface area contributed by atoms with Crippen LogP contribution in [-0.2, 0) is 25.2 Å². The van der Waals surface area contributed by atoms with E-state index in [1.54, 1.807) is 0 Å². The number of hydrogen-bond donors (Lipinski definition) is 2. The maximum absolute atomic E-state index is 9.54. The van der Waals surface area contributed by atoms with Crippen molar-refractivity contribution in [2.75, 3.05) is 0 Å². The molecule has 0 rings (SSSR count). The summed E-state index contributed by atoms with van der Waals surface area (Å²) < 4.78 is 31.4. The third kappa shape index (κ3) is 16.5. The summed E-state index contributed by atoms with van der Waals surface area (Å²) in [6, 6.07) is 0. The summed E-state index contributed by atoms with van der Waals surface area (Å²) in [6.45, 7) is 0. The zero-order chi connectivity index (χ0) is 6.78. The van der Waals surface area contributed by atoms with Crippen LogP contribution in [0, 0.1) is 14.8 Å². The molecule has 0 unspecified atom stereocenters. The summed E-state index contributed by atoms with van der Waals surface area (Å²) in [4.78, 5) is 15.4. The van der Waals surface area contributed by atoms with Gasteiger partial charge in [-0.3, -0.25) is 9.79 Å². The molecule has 0 aromatic heterocycles. The van der Waals surface area contributed by atoms with Gasteiger partial charge in [0.25, 0.3) is 0 Å².